The molecule has 3 heteroatoms. The number of carbonyl (C=O) groups excluding carboxylic acids is 1. The highest BCUT2D eigenvalue weighted by atomic mass is 79.9. The third-order valence-electron chi connectivity index (χ3n) is 1.99. The molecule has 0 fully saturated rings. The highest BCUT2D eigenvalue weighted by Gasteiger charge is 2.08. The second-order valence-corrected chi connectivity index (χ2v) is 4.09. The summed E-state index contributed by atoms with van der Waals surface area (Å²) in [5.74, 6) is 2.25. The van der Waals surface area contributed by atoms with E-state index in [0.717, 1.165) is 5.56 Å². The zero-order valence-corrected chi connectivity index (χ0v) is 9.95. The van der Waals surface area contributed by atoms with Gasteiger partial charge < -0.3 is 4.74 Å². The molecule has 0 N–H and O–H groups in total. The molecule has 0 saturated heterocycles. The molecule has 1 rings (SSSR count). The van der Waals surface area contributed by atoms with Gasteiger partial charge in [0.25, 0.3) is 0 Å². The van der Waals surface area contributed by atoms with Crippen molar-refractivity contribution >= 4 is 21.9 Å². The molecule has 1 atom stereocenters. The normalized spacial score (nSPS) is 11.5. The second-order valence-electron chi connectivity index (χ2n) is 2.99. The Morgan fingerprint density at radius 3 is 2.60 bits per heavy atom. The summed E-state index contributed by atoms with van der Waals surface area (Å²) in [4.78, 5) is 11.3. The molecule has 78 valence electrons. The molecule has 0 amide bonds. The van der Waals surface area contributed by atoms with Gasteiger partial charge in [0.2, 0.25) is 0 Å². The van der Waals surface area contributed by atoms with Gasteiger partial charge in [-0.15, -0.1) is 12.3 Å². The predicted molar refractivity (Wildman–Crippen MR) is 62.9 cm³/mol. The second kappa shape index (κ2) is 5.57. The molecule has 0 radical (unpaired) electrons. The minimum absolute atomic E-state index is 0.134. The van der Waals surface area contributed by atoms with E-state index in [1.807, 2.05) is 12.1 Å². The number of esters is 1. The van der Waals surface area contributed by atoms with Crippen LogP contribution in [0.5, 0.6) is 0 Å². The lowest BCUT2D eigenvalue weighted by atomic mass is 10.1. The quantitative estimate of drug-likeness (QED) is 0.478. The Morgan fingerprint density at radius 1 is 1.53 bits per heavy atom. The number of hydrogen-bond acceptors (Lipinski definition) is 2. The van der Waals surface area contributed by atoms with Crippen molar-refractivity contribution < 1.29 is 9.53 Å². The zero-order valence-electron chi connectivity index (χ0n) is 8.37. The fraction of sp³-hybridized carbons (Fsp3) is 0.250. The van der Waals surface area contributed by atoms with Gasteiger partial charge in [-0.2, -0.15) is 0 Å². The van der Waals surface area contributed by atoms with Crippen LogP contribution >= 0.6 is 15.9 Å². The third-order valence-corrected chi connectivity index (χ3v) is 2.84. The van der Waals surface area contributed by atoms with Crippen molar-refractivity contribution in [3.8, 4) is 12.3 Å². The number of benzene rings is 1. The largest absolute Gasteiger partial charge is 0.465 e. The average molecular weight is 267 g/mol. The van der Waals surface area contributed by atoms with E-state index < -0.39 is 0 Å². The fourth-order valence-corrected chi connectivity index (χ4v) is 1.66. The third kappa shape index (κ3) is 3.10. The molecular formula is C12H11BrO2. The number of hydrogen-bond donors (Lipinski definition) is 0. The number of methoxy groups -OCH3 is 1. The standard InChI is InChI=1S/C12H11BrO2/c1-3-4-11(13)9-5-7-10(8-6-9)12(14)15-2/h1,5-8,11H,4H2,2H3. The zero-order chi connectivity index (χ0) is 11.3. The summed E-state index contributed by atoms with van der Waals surface area (Å²) in [6, 6.07) is 7.18. The maximum atomic E-state index is 11.2. The van der Waals surface area contributed by atoms with E-state index >= 15 is 0 Å². The summed E-state index contributed by atoms with van der Waals surface area (Å²) in [7, 11) is 1.36. The molecule has 1 unspecified atom stereocenters. The number of alkyl halides is 1. The van der Waals surface area contributed by atoms with E-state index in [1.165, 1.54) is 7.11 Å². The topological polar surface area (TPSA) is 26.3 Å². The van der Waals surface area contributed by atoms with E-state index in [1.54, 1.807) is 12.1 Å². The molecule has 2 nitrogen and oxygen atoms in total. The highest BCUT2D eigenvalue weighted by Crippen LogP contribution is 2.25. The van der Waals surface area contributed by atoms with Crippen LogP contribution in [0.25, 0.3) is 0 Å². The van der Waals surface area contributed by atoms with Gasteiger partial charge in [0.1, 0.15) is 0 Å². The van der Waals surface area contributed by atoms with Gasteiger partial charge in [-0.25, -0.2) is 4.79 Å². The number of ether oxygens (including phenoxy) is 1. The van der Waals surface area contributed by atoms with Gasteiger partial charge in [-0.05, 0) is 17.7 Å². The SMILES string of the molecule is C#CCC(Br)c1ccc(C(=O)OC)cc1. The molecule has 0 heterocycles. The van der Waals surface area contributed by atoms with Crippen molar-refractivity contribution in [1.82, 2.24) is 0 Å². The summed E-state index contributed by atoms with van der Waals surface area (Å²) in [5, 5.41) is 0. The molecule has 1 aromatic carbocycles. The summed E-state index contributed by atoms with van der Waals surface area (Å²) in [5.41, 5.74) is 1.60. The average Bonchev–Trinajstić information content (AvgIpc) is 2.28. The van der Waals surface area contributed by atoms with Crippen LogP contribution in [-0.2, 0) is 4.74 Å². The van der Waals surface area contributed by atoms with E-state index in [9.17, 15) is 4.79 Å². The van der Waals surface area contributed by atoms with Gasteiger partial charge in [-0.3, -0.25) is 0 Å². The van der Waals surface area contributed by atoms with Crippen molar-refractivity contribution in [2.45, 2.75) is 11.2 Å². The number of terminal acetylenes is 1. The Bertz CT molecular complexity index is 376. The van der Waals surface area contributed by atoms with Crippen LogP contribution in [0.4, 0.5) is 0 Å². The molecule has 0 bridgehead atoms. The van der Waals surface area contributed by atoms with Crippen LogP contribution in [0, 0.1) is 12.3 Å². The highest BCUT2D eigenvalue weighted by molar-refractivity contribution is 9.09. The predicted octanol–water partition coefficient (Wildman–Crippen LogP) is 2.93. The smallest absolute Gasteiger partial charge is 0.337 e. The van der Waals surface area contributed by atoms with Crippen LogP contribution < -0.4 is 0 Å². The van der Waals surface area contributed by atoms with Crippen LogP contribution in [0.15, 0.2) is 24.3 Å². The minimum atomic E-state index is -0.329. The van der Waals surface area contributed by atoms with Crippen molar-refractivity contribution in [3.05, 3.63) is 35.4 Å². The monoisotopic (exact) mass is 266 g/mol. The summed E-state index contributed by atoms with van der Waals surface area (Å²) in [6.45, 7) is 0. The molecule has 1 aromatic rings. The lowest BCUT2D eigenvalue weighted by Crippen LogP contribution is -2.01. The molecule has 0 aliphatic heterocycles. The van der Waals surface area contributed by atoms with Crippen LogP contribution in [0.2, 0.25) is 0 Å². The minimum Gasteiger partial charge on any atom is -0.465 e. The number of rotatable bonds is 3. The summed E-state index contributed by atoms with van der Waals surface area (Å²) in [6.07, 6.45) is 5.83. The van der Waals surface area contributed by atoms with Gasteiger partial charge >= 0.3 is 5.97 Å². The molecule has 0 aromatic heterocycles. The Kier molecular flexibility index (Phi) is 4.38. The first-order valence-corrected chi connectivity index (χ1v) is 5.36. The molecule has 0 aliphatic rings. The van der Waals surface area contributed by atoms with Crippen molar-refractivity contribution in [1.29, 1.82) is 0 Å². The molecule has 0 saturated carbocycles. The first-order chi connectivity index (χ1) is 7.19. The van der Waals surface area contributed by atoms with E-state index in [0.29, 0.717) is 12.0 Å². The van der Waals surface area contributed by atoms with Gasteiger partial charge in [0.05, 0.1) is 17.5 Å². The van der Waals surface area contributed by atoms with Crippen molar-refractivity contribution in [3.63, 3.8) is 0 Å². The summed E-state index contributed by atoms with van der Waals surface area (Å²) >= 11 is 3.47. The number of halogens is 1. The Labute approximate surface area is 97.8 Å². The van der Waals surface area contributed by atoms with E-state index in [4.69, 9.17) is 6.42 Å². The lowest BCUT2D eigenvalue weighted by Gasteiger charge is -2.06. The van der Waals surface area contributed by atoms with Gasteiger partial charge in [-0.1, -0.05) is 28.1 Å². The molecule has 15 heavy (non-hydrogen) atoms. The van der Waals surface area contributed by atoms with Gasteiger partial charge in [0, 0.05) is 6.42 Å². The van der Waals surface area contributed by atoms with E-state index in [-0.39, 0.29) is 10.8 Å². The lowest BCUT2D eigenvalue weighted by molar-refractivity contribution is 0.0600. The first-order valence-electron chi connectivity index (χ1n) is 4.45. The van der Waals surface area contributed by atoms with E-state index in [2.05, 4.69) is 26.6 Å². The Balaban J connectivity index is 2.81. The van der Waals surface area contributed by atoms with Crippen molar-refractivity contribution in [2.24, 2.45) is 0 Å². The fourth-order valence-electron chi connectivity index (χ4n) is 1.17. The van der Waals surface area contributed by atoms with Gasteiger partial charge in [0.15, 0.2) is 0 Å². The maximum absolute atomic E-state index is 11.2. The number of carbonyl (C=O) groups is 1. The molecule has 0 spiro atoms. The Hall–Kier alpha value is -1.27. The van der Waals surface area contributed by atoms with Crippen LogP contribution in [0.1, 0.15) is 27.2 Å². The molecule has 0 aliphatic carbocycles. The maximum Gasteiger partial charge on any atom is 0.337 e. The summed E-state index contributed by atoms with van der Waals surface area (Å²) < 4.78 is 4.60. The van der Waals surface area contributed by atoms with Crippen molar-refractivity contribution in [2.75, 3.05) is 7.11 Å². The first kappa shape index (κ1) is 11.8. The van der Waals surface area contributed by atoms with Crippen LogP contribution in [0.3, 0.4) is 0 Å². The van der Waals surface area contributed by atoms with Crippen LogP contribution in [-0.4, -0.2) is 13.1 Å². The Morgan fingerprint density at radius 2 is 2.13 bits per heavy atom. The molecular weight excluding hydrogens is 256 g/mol.